The monoisotopic (exact) mass is 416 g/mol. The number of nitrogens with zero attached hydrogens (tertiary/aromatic N) is 1. The average Bonchev–Trinajstić information content (AvgIpc) is 2.75. The average molecular weight is 416 g/mol. The number of morpholine rings is 1. The van der Waals surface area contributed by atoms with E-state index in [4.69, 9.17) is 9.47 Å². The highest BCUT2D eigenvalue weighted by molar-refractivity contribution is 7.89. The number of carbonyl (C=O) groups excluding carboxylic acids is 1. The van der Waals surface area contributed by atoms with E-state index in [1.807, 2.05) is 37.3 Å². The number of benzene rings is 2. The molecule has 8 heteroatoms. The second-order valence-electron chi connectivity index (χ2n) is 6.34. The van der Waals surface area contributed by atoms with Crippen LogP contribution in [0, 0.1) is 0 Å². The molecule has 1 fully saturated rings. The zero-order valence-corrected chi connectivity index (χ0v) is 17.0. The predicted molar refractivity (Wildman–Crippen MR) is 111 cm³/mol. The summed E-state index contributed by atoms with van der Waals surface area (Å²) < 4.78 is 38.0. The SMILES string of the molecule is CCOc1ccc(S(=O)(=O)N2CCOCC2)cc1NC(=O)/C=C/c1ccccc1. The van der Waals surface area contributed by atoms with Gasteiger partial charge in [0.15, 0.2) is 0 Å². The second kappa shape index (κ2) is 9.69. The molecule has 2 aromatic rings. The summed E-state index contributed by atoms with van der Waals surface area (Å²) in [5, 5.41) is 2.72. The quantitative estimate of drug-likeness (QED) is 0.702. The number of anilines is 1. The molecule has 0 aliphatic carbocycles. The molecular weight excluding hydrogens is 392 g/mol. The highest BCUT2D eigenvalue weighted by Gasteiger charge is 2.27. The molecule has 0 aromatic heterocycles. The number of sulfonamides is 1. The van der Waals surface area contributed by atoms with Crippen LogP contribution in [0.1, 0.15) is 12.5 Å². The zero-order valence-electron chi connectivity index (χ0n) is 16.2. The number of nitrogens with one attached hydrogen (secondary N) is 1. The molecule has 0 radical (unpaired) electrons. The van der Waals surface area contributed by atoms with Crippen LogP contribution < -0.4 is 10.1 Å². The lowest BCUT2D eigenvalue weighted by Gasteiger charge is -2.26. The summed E-state index contributed by atoms with van der Waals surface area (Å²) in [6.45, 7) is 3.54. The highest BCUT2D eigenvalue weighted by atomic mass is 32.2. The van der Waals surface area contributed by atoms with Crippen molar-refractivity contribution in [2.45, 2.75) is 11.8 Å². The van der Waals surface area contributed by atoms with Gasteiger partial charge in [0.25, 0.3) is 0 Å². The third kappa shape index (κ3) is 5.44. The number of carbonyl (C=O) groups is 1. The first-order valence-electron chi connectivity index (χ1n) is 9.39. The first-order chi connectivity index (χ1) is 14.0. The van der Waals surface area contributed by atoms with Gasteiger partial charge in [0, 0.05) is 19.2 Å². The summed E-state index contributed by atoms with van der Waals surface area (Å²) in [7, 11) is -3.68. The molecule has 1 N–H and O–H groups in total. The summed E-state index contributed by atoms with van der Waals surface area (Å²) in [4.78, 5) is 12.5. The third-order valence-corrected chi connectivity index (χ3v) is 6.24. The van der Waals surface area contributed by atoms with Crippen molar-refractivity contribution in [3.05, 3.63) is 60.2 Å². The van der Waals surface area contributed by atoms with Gasteiger partial charge in [-0.3, -0.25) is 4.79 Å². The summed E-state index contributed by atoms with van der Waals surface area (Å²) in [5.41, 5.74) is 1.19. The van der Waals surface area contributed by atoms with Gasteiger partial charge in [-0.2, -0.15) is 4.31 Å². The standard InChI is InChI=1S/C21H24N2O5S/c1-2-28-20-10-9-18(29(25,26)23-12-14-27-15-13-23)16-19(20)22-21(24)11-8-17-6-4-3-5-7-17/h3-11,16H,2,12-15H2,1H3,(H,22,24)/b11-8+. The molecule has 1 aliphatic heterocycles. The predicted octanol–water partition coefficient (Wildman–Crippen LogP) is 2.76. The van der Waals surface area contributed by atoms with Gasteiger partial charge >= 0.3 is 0 Å². The zero-order chi connectivity index (χ0) is 20.7. The Morgan fingerprint density at radius 1 is 1.17 bits per heavy atom. The van der Waals surface area contributed by atoms with Crippen molar-refractivity contribution >= 4 is 27.7 Å². The molecule has 3 rings (SSSR count). The number of ether oxygens (including phenoxy) is 2. The van der Waals surface area contributed by atoms with E-state index in [0.29, 0.717) is 44.3 Å². The van der Waals surface area contributed by atoms with Gasteiger partial charge in [-0.15, -0.1) is 0 Å². The Kier molecular flexibility index (Phi) is 7.03. The Balaban J connectivity index is 1.83. The van der Waals surface area contributed by atoms with E-state index < -0.39 is 10.0 Å². The van der Waals surface area contributed by atoms with Crippen LogP contribution in [-0.4, -0.2) is 51.5 Å². The van der Waals surface area contributed by atoms with Crippen LogP contribution >= 0.6 is 0 Å². The van der Waals surface area contributed by atoms with E-state index in [9.17, 15) is 13.2 Å². The summed E-state index contributed by atoms with van der Waals surface area (Å²) >= 11 is 0. The second-order valence-corrected chi connectivity index (χ2v) is 8.28. The van der Waals surface area contributed by atoms with Gasteiger partial charge in [-0.1, -0.05) is 30.3 Å². The first kappa shape index (κ1) is 21.0. The van der Waals surface area contributed by atoms with E-state index in [-0.39, 0.29) is 10.8 Å². The van der Waals surface area contributed by atoms with E-state index in [1.54, 1.807) is 12.1 Å². The van der Waals surface area contributed by atoms with Crippen LogP contribution in [0.4, 0.5) is 5.69 Å². The number of hydrogen-bond donors (Lipinski definition) is 1. The van der Waals surface area contributed by atoms with Crippen molar-refractivity contribution in [1.82, 2.24) is 4.31 Å². The van der Waals surface area contributed by atoms with Crippen molar-refractivity contribution in [2.75, 3.05) is 38.2 Å². The van der Waals surface area contributed by atoms with Crippen LogP contribution in [0.2, 0.25) is 0 Å². The molecule has 1 saturated heterocycles. The van der Waals surface area contributed by atoms with Gasteiger partial charge in [-0.25, -0.2) is 8.42 Å². The van der Waals surface area contributed by atoms with Crippen LogP contribution in [0.3, 0.4) is 0 Å². The number of hydrogen-bond acceptors (Lipinski definition) is 5. The normalized spacial score (nSPS) is 15.3. The van der Waals surface area contributed by atoms with E-state index >= 15 is 0 Å². The molecule has 0 saturated carbocycles. The van der Waals surface area contributed by atoms with Crippen LogP contribution in [0.5, 0.6) is 5.75 Å². The van der Waals surface area contributed by atoms with E-state index in [2.05, 4.69) is 5.32 Å². The molecule has 154 valence electrons. The maximum atomic E-state index is 12.9. The molecule has 2 aromatic carbocycles. The van der Waals surface area contributed by atoms with Gasteiger partial charge in [-0.05, 0) is 36.8 Å². The minimum Gasteiger partial charge on any atom is -0.492 e. The fourth-order valence-corrected chi connectivity index (χ4v) is 4.33. The minimum atomic E-state index is -3.68. The Morgan fingerprint density at radius 2 is 1.90 bits per heavy atom. The van der Waals surface area contributed by atoms with Crippen LogP contribution in [0.15, 0.2) is 59.5 Å². The first-order valence-corrected chi connectivity index (χ1v) is 10.8. The highest BCUT2D eigenvalue weighted by Crippen LogP contribution is 2.29. The van der Waals surface area contributed by atoms with Gasteiger partial charge < -0.3 is 14.8 Å². The fourth-order valence-electron chi connectivity index (χ4n) is 2.90. The Labute approximate surface area is 171 Å². The van der Waals surface area contributed by atoms with Crippen molar-refractivity contribution < 1.29 is 22.7 Å². The summed E-state index contributed by atoms with van der Waals surface area (Å²) in [6, 6.07) is 13.9. The van der Waals surface area contributed by atoms with Gasteiger partial charge in [0.1, 0.15) is 5.75 Å². The molecule has 0 unspecified atom stereocenters. The maximum Gasteiger partial charge on any atom is 0.248 e. The van der Waals surface area contributed by atoms with Gasteiger partial charge in [0.05, 0.1) is 30.4 Å². The minimum absolute atomic E-state index is 0.102. The fraction of sp³-hybridized carbons (Fsp3) is 0.286. The summed E-state index contributed by atoms with van der Waals surface area (Å²) in [5.74, 6) is 0.0330. The lowest BCUT2D eigenvalue weighted by Crippen LogP contribution is -2.40. The molecule has 0 atom stereocenters. The molecule has 1 heterocycles. The lowest BCUT2D eigenvalue weighted by molar-refractivity contribution is -0.111. The molecule has 7 nitrogen and oxygen atoms in total. The molecule has 0 bridgehead atoms. The molecule has 1 aliphatic rings. The van der Waals surface area contributed by atoms with Crippen molar-refractivity contribution in [1.29, 1.82) is 0 Å². The van der Waals surface area contributed by atoms with Gasteiger partial charge in [0.2, 0.25) is 15.9 Å². The molecule has 0 spiro atoms. The Bertz CT molecular complexity index is 968. The van der Waals surface area contributed by atoms with Crippen LogP contribution in [-0.2, 0) is 19.6 Å². The Morgan fingerprint density at radius 3 is 2.59 bits per heavy atom. The molecule has 1 amide bonds. The molecular formula is C21H24N2O5S. The molecule has 29 heavy (non-hydrogen) atoms. The Hall–Kier alpha value is -2.68. The number of amides is 1. The third-order valence-electron chi connectivity index (χ3n) is 4.34. The van der Waals surface area contributed by atoms with Crippen molar-refractivity contribution in [3.63, 3.8) is 0 Å². The van der Waals surface area contributed by atoms with Crippen molar-refractivity contribution in [3.8, 4) is 5.75 Å². The van der Waals surface area contributed by atoms with Crippen molar-refractivity contribution in [2.24, 2.45) is 0 Å². The lowest BCUT2D eigenvalue weighted by atomic mass is 10.2. The topological polar surface area (TPSA) is 84.9 Å². The smallest absolute Gasteiger partial charge is 0.248 e. The van der Waals surface area contributed by atoms with E-state index in [1.165, 1.54) is 22.5 Å². The van der Waals surface area contributed by atoms with E-state index in [0.717, 1.165) is 5.56 Å². The summed E-state index contributed by atoms with van der Waals surface area (Å²) in [6.07, 6.45) is 3.08. The number of rotatable bonds is 7. The maximum absolute atomic E-state index is 12.9. The largest absolute Gasteiger partial charge is 0.492 e. The van der Waals surface area contributed by atoms with Crippen LogP contribution in [0.25, 0.3) is 6.08 Å².